The molecule has 2 aromatic rings. The van der Waals surface area contributed by atoms with E-state index in [0.29, 0.717) is 11.1 Å². The molecule has 1 saturated carbocycles. The number of likely N-dealkylation sites (tertiary alicyclic amines) is 1. The molecule has 0 unspecified atom stereocenters. The Labute approximate surface area is 252 Å². The average molecular weight is 615 g/mol. The van der Waals surface area contributed by atoms with E-state index in [4.69, 9.17) is 27.9 Å². The fourth-order valence-corrected chi connectivity index (χ4v) is 8.27. The van der Waals surface area contributed by atoms with Crippen LogP contribution >= 0.6 is 23.2 Å². The van der Waals surface area contributed by atoms with Crippen molar-refractivity contribution in [2.75, 3.05) is 12.0 Å². The number of anilines is 1. The number of nitrogens with zero attached hydrogens (tertiary/aromatic N) is 2. The number of rotatable bonds is 3. The van der Waals surface area contributed by atoms with Crippen LogP contribution in [-0.2, 0) is 19.2 Å². The first-order valence-corrected chi connectivity index (χ1v) is 14.4. The minimum Gasteiger partial charge on any atom is -0.508 e. The van der Waals surface area contributed by atoms with Crippen molar-refractivity contribution in [3.63, 3.8) is 0 Å². The minimum atomic E-state index is -2.09. The molecular formula is C31H29Cl2FN2O6. The molecule has 2 aliphatic heterocycles. The Morgan fingerprint density at radius 2 is 1.64 bits per heavy atom. The van der Waals surface area contributed by atoms with E-state index in [1.165, 1.54) is 36.3 Å². The predicted octanol–water partition coefficient (Wildman–Crippen LogP) is 4.90. The minimum absolute atomic E-state index is 0.0955. The Morgan fingerprint density at radius 1 is 0.976 bits per heavy atom. The topological polar surface area (TPSA) is 104 Å². The molecule has 11 heteroatoms. The van der Waals surface area contributed by atoms with E-state index in [2.05, 4.69) is 0 Å². The second-order valence-corrected chi connectivity index (χ2v) is 13.6. The lowest BCUT2D eigenvalue weighted by atomic mass is 9.56. The van der Waals surface area contributed by atoms with E-state index >= 15 is 0 Å². The van der Waals surface area contributed by atoms with Crippen molar-refractivity contribution in [2.45, 2.75) is 54.8 Å². The Kier molecular flexibility index (Phi) is 6.34. The van der Waals surface area contributed by atoms with Gasteiger partial charge in [-0.15, -0.1) is 23.2 Å². The number of allylic oxidation sites excluding steroid dienone is 2. The quantitative estimate of drug-likeness (QED) is 0.299. The van der Waals surface area contributed by atoms with E-state index in [-0.39, 0.29) is 41.8 Å². The number of fused-ring (bicyclic) bond motifs is 4. The van der Waals surface area contributed by atoms with Gasteiger partial charge >= 0.3 is 0 Å². The van der Waals surface area contributed by atoms with Crippen LogP contribution in [0.3, 0.4) is 0 Å². The Balaban J connectivity index is 1.58. The van der Waals surface area contributed by atoms with Crippen molar-refractivity contribution in [2.24, 2.45) is 17.8 Å². The van der Waals surface area contributed by atoms with Gasteiger partial charge in [0.1, 0.15) is 17.3 Å². The number of ether oxygens (including phenoxy) is 1. The number of alkyl halides is 2. The molecule has 220 valence electrons. The molecule has 0 aromatic heterocycles. The van der Waals surface area contributed by atoms with Gasteiger partial charge in [0.15, 0.2) is 9.75 Å². The number of hydrogen-bond donors (Lipinski definition) is 1. The molecule has 8 nitrogen and oxygen atoms in total. The number of phenols is 1. The average Bonchev–Trinajstić information content (AvgIpc) is 3.28. The smallest absolute Gasteiger partial charge is 0.258 e. The summed E-state index contributed by atoms with van der Waals surface area (Å²) in [7, 11) is 1.39. The van der Waals surface area contributed by atoms with Gasteiger partial charge in [-0.1, -0.05) is 17.7 Å². The van der Waals surface area contributed by atoms with Crippen LogP contribution in [0.25, 0.3) is 0 Å². The van der Waals surface area contributed by atoms with E-state index in [0.717, 1.165) is 17.0 Å². The van der Waals surface area contributed by atoms with Gasteiger partial charge in [0.2, 0.25) is 11.8 Å². The third kappa shape index (κ3) is 3.65. The van der Waals surface area contributed by atoms with Crippen molar-refractivity contribution in [3.8, 4) is 11.5 Å². The fraction of sp³-hybridized carbons (Fsp3) is 0.419. The summed E-state index contributed by atoms with van der Waals surface area (Å²) in [5.74, 6) is -5.96. The molecular weight excluding hydrogens is 586 g/mol. The normalized spacial score (nSPS) is 32.5. The number of halogens is 3. The van der Waals surface area contributed by atoms with Gasteiger partial charge in [0.25, 0.3) is 11.8 Å². The van der Waals surface area contributed by atoms with Crippen molar-refractivity contribution in [1.29, 1.82) is 0 Å². The lowest BCUT2D eigenvalue weighted by Gasteiger charge is -2.51. The van der Waals surface area contributed by atoms with E-state index < -0.39 is 56.6 Å². The molecule has 1 N–H and O–H groups in total. The van der Waals surface area contributed by atoms with Crippen LogP contribution in [-0.4, -0.2) is 56.0 Å². The molecule has 6 rings (SSSR count). The maximum Gasteiger partial charge on any atom is 0.258 e. The Morgan fingerprint density at radius 3 is 2.26 bits per heavy atom. The molecule has 0 bridgehead atoms. The number of aromatic hydroxyl groups is 1. The highest BCUT2D eigenvalue weighted by Gasteiger charge is 2.77. The first-order valence-electron chi connectivity index (χ1n) is 13.6. The predicted molar refractivity (Wildman–Crippen MR) is 153 cm³/mol. The highest BCUT2D eigenvalue weighted by molar-refractivity contribution is 6.58. The van der Waals surface area contributed by atoms with Crippen molar-refractivity contribution < 1.29 is 33.4 Å². The number of phenolic OH excluding ortho intramolecular Hbond substituents is 1. The summed E-state index contributed by atoms with van der Waals surface area (Å²) in [6, 6.07) is 9.16. The number of amides is 4. The van der Waals surface area contributed by atoms with Gasteiger partial charge in [0.05, 0.1) is 24.6 Å². The molecule has 0 spiro atoms. The third-order valence-corrected chi connectivity index (χ3v) is 10.5. The van der Waals surface area contributed by atoms with Crippen LogP contribution in [0, 0.1) is 23.6 Å². The summed E-state index contributed by atoms with van der Waals surface area (Å²) in [6.07, 6.45) is 1.89. The summed E-state index contributed by atoms with van der Waals surface area (Å²) >= 11 is 14.7. The standard InChI is InChI=1S/C31H29Cl2FN2O6/c1-29(2,3)36-25(38)20-12-11-18-21(23(20)26(36)39)14-30(32)27(40)35(16-7-5-15(34)6-8-16)28(41)31(30,33)24(18)19-10-9-17(37)13-22(19)42-4/h5-11,13,20-21,23-24,37H,12,14H2,1-4H3/t20-,21+,23-,24+,30+,31-/m0/s1. The van der Waals surface area contributed by atoms with Gasteiger partial charge in [-0.25, -0.2) is 9.29 Å². The summed E-state index contributed by atoms with van der Waals surface area (Å²) < 4.78 is 19.4. The van der Waals surface area contributed by atoms with Gasteiger partial charge in [-0.3, -0.25) is 24.1 Å². The number of benzene rings is 2. The molecule has 2 heterocycles. The maximum atomic E-state index is 14.4. The molecule has 3 fully saturated rings. The van der Waals surface area contributed by atoms with Gasteiger partial charge in [0, 0.05) is 23.1 Å². The van der Waals surface area contributed by atoms with Crippen LogP contribution in [0.5, 0.6) is 11.5 Å². The lowest BCUT2D eigenvalue weighted by molar-refractivity contribution is -0.145. The molecule has 0 radical (unpaired) electrons. The zero-order valence-electron chi connectivity index (χ0n) is 23.4. The number of carbonyl (C=O) groups excluding carboxylic acids is 4. The first kappa shape index (κ1) is 28.7. The second-order valence-electron chi connectivity index (χ2n) is 12.4. The van der Waals surface area contributed by atoms with Crippen LogP contribution in [0.15, 0.2) is 54.1 Å². The highest BCUT2D eigenvalue weighted by Crippen LogP contribution is 2.66. The van der Waals surface area contributed by atoms with Crippen LogP contribution in [0.1, 0.15) is 45.1 Å². The zero-order valence-corrected chi connectivity index (χ0v) is 24.9. The first-order chi connectivity index (χ1) is 19.7. The summed E-state index contributed by atoms with van der Waals surface area (Å²) in [5.41, 5.74) is 0.313. The summed E-state index contributed by atoms with van der Waals surface area (Å²) in [4.78, 5) is 54.1. The Bertz CT molecular complexity index is 1590. The van der Waals surface area contributed by atoms with Gasteiger partial charge in [-0.2, -0.15) is 0 Å². The van der Waals surface area contributed by atoms with E-state index in [9.17, 15) is 28.7 Å². The second kappa shape index (κ2) is 9.28. The summed E-state index contributed by atoms with van der Waals surface area (Å²) in [5, 5.41) is 10.2. The van der Waals surface area contributed by atoms with Crippen LogP contribution in [0.4, 0.5) is 10.1 Å². The van der Waals surface area contributed by atoms with Crippen molar-refractivity contribution >= 4 is 52.5 Å². The molecule has 4 aliphatic rings. The monoisotopic (exact) mass is 614 g/mol. The fourth-order valence-electron chi connectivity index (χ4n) is 7.34. The SMILES string of the molecule is COc1cc(O)ccc1[C@H]1C2=CC[C@@H]3C(=O)N(C(C)(C)C)C(=O)[C@@H]3[C@@H]2C[C@@]2(Cl)C(=O)N(c3ccc(F)cc3)C(=O)[C@@]12Cl. The van der Waals surface area contributed by atoms with Crippen molar-refractivity contribution in [3.05, 3.63) is 65.5 Å². The molecule has 4 amide bonds. The van der Waals surface area contributed by atoms with Crippen LogP contribution < -0.4 is 9.64 Å². The zero-order chi connectivity index (χ0) is 30.5. The lowest BCUT2D eigenvalue weighted by Crippen LogP contribution is -2.60. The third-order valence-electron chi connectivity index (χ3n) is 9.09. The molecule has 2 saturated heterocycles. The number of carbonyl (C=O) groups is 4. The highest BCUT2D eigenvalue weighted by atomic mass is 35.5. The van der Waals surface area contributed by atoms with Gasteiger partial charge < -0.3 is 9.84 Å². The van der Waals surface area contributed by atoms with Crippen molar-refractivity contribution in [1.82, 2.24) is 4.90 Å². The van der Waals surface area contributed by atoms with Crippen LogP contribution in [0.2, 0.25) is 0 Å². The number of methoxy groups -OCH3 is 1. The molecule has 2 aliphatic carbocycles. The largest absolute Gasteiger partial charge is 0.508 e. The Hall–Kier alpha value is -3.43. The maximum absolute atomic E-state index is 14.4. The number of imide groups is 2. The van der Waals surface area contributed by atoms with E-state index in [1.807, 2.05) is 6.08 Å². The molecule has 6 atom stereocenters. The summed E-state index contributed by atoms with van der Waals surface area (Å²) in [6.45, 7) is 5.35. The molecule has 42 heavy (non-hydrogen) atoms. The number of hydrogen-bond acceptors (Lipinski definition) is 6. The molecule has 2 aromatic carbocycles. The van der Waals surface area contributed by atoms with Gasteiger partial charge in [-0.05, 0) is 69.9 Å². The van der Waals surface area contributed by atoms with E-state index in [1.54, 1.807) is 26.8 Å².